The molecular weight excluding hydrogens is 276 g/mol. The molecule has 4 heteroatoms. The molecule has 0 spiro atoms. The molecule has 0 radical (unpaired) electrons. The van der Waals surface area contributed by atoms with Crippen molar-refractivity contribution < 1.29 is 9.63 Å². The Morgan fingerprint density at radius 1 is 1.00 bits per heavy atom. The third-order valence-corrected chi connectivity index (χ3v) is 5.98. The Labute approximate surface area is 132 Å². The smallest absolute Gasteiger partial charge is 0.164 e. The lowest BCUT2D eigenvalue weighted by molar-refractivity contribution is -0.177. The number of likely N-dealkylation sites (N-methyl/N-ethyl adjacent to an activating group) is 1. The quantitative estimate of drug-likeness (QED) is 0.786. The molecule has 0 bridgehead atoms. The highest BCUT2D eigenvalue weighted by Gasteiger charge is 2.68. The summed E-state index contributed by atoms with van der Waals surface area (Å²) in [6.45, 7) is 10.7. The van der Waals surface area contributed by atoms with E-state index in [0.717, 1.165) is 11.8 Å². The Morgan fingerprint density at radius 2 is 1.59 bits per heavy atom. The van der Waals surface area contributed by atoms with E-state index in [-0.39, 0.29) is 11.1 Å². The van der Waals surface area contributed by atoms with Crippen molar-refractivity contribution in [1.29, 1.82) is 0 Å². The average molecular weight is 300 g/mol. The lowest BCUT2D eigenvalue weighted by Gasteiger charge is -2.40. The number of hydrogen-bond acceptors (Lipinski definition) is 4. The second-order valence-corrected chi connectivity index (χ2v) is 7.31. The second kappa shape index (κ2) is 4.43. The molecule has 1 aromatic carbocycles. The van der Waals surface area contributed by atoms with Crippen LogP contribution in [0.1, 0.15) is 40.2 Å². The van der Waals surface area contributed by atoms with E-state index in [9.17, 15) is 4.79 Å². The highest BCUT2D eigenvalue weighted by Crippen LogP contribution is 2.55. The maximum Gasteiger partial charge on any atom is 0.164 e. The summed E-state index contributed by atoms with van der Waals surface area (Å²) in [5.74, 6) is 0.661. The summed E-state index contributed by atoms with van der Waals surface area (Å²) >= 11 is 0. The minimum Gasteiger partial charge on any atom is -0.402 e. The number of hydroxylamine groups is 2. The fraction of sp³-hybridized carbons (Fsp3) is 0.500. The van der Waals surface area contributed by atoms with Crippen LogP contribution >= 0.6 is 0 Å². The normalized spacial score (nSPS) is 30.3. The van der Waals surface area contributed by atoms with E-state index in [1.807, 2.05) is 35.4 Å². The number of aldehydes is 1. The van der Waals surface area contributed by atoms with Gasteiger partial charge in [-0.2, -0.15) is 0 Å². The van der Waals surface area contributed by atoms with Gasteiger partial charge < -0.3 is 4.84 Å². The summed E-state index contributed by atoms with van der Waals surface area (Å²) in [5, 5.41) is 1.98. The number of carbonyl (C=O) groups excluding carboxylic acids is 1. The van der Waals surface area contributed by atoms with Crippen molar-refractivity contribution in [3.63, 3.8) is 0 Å². The second-order valence-electron chi connectivity index (χ2n) is 7.31. The van der Waals surface area contributed by atoms with E-state index in [1.165, 1.54) is 0 Å². The van der Waals surface area contributed by atoms with Gasteiger partial charge in [-0.05, 0) is 41.7 Å². The maximum atomic E-state index is 11.9. The molecule has 1 fully saturated rings. The molecule has 0 saturated carbocycles. The van der Waals surface area contributed by atoms with E-state index in [4.69, 9.17) is 4.84 Å². The molecule has 2 heterocycles. The lowest BCUT2D eigenvalue weighted by atomic mass is 9.83. The third kappa shape index (κ3) is 1.57. The molecule has 3 rings (SSSR count). The van der Waals surface area contributed by atoms with Crippen LogP contribution in [-0.4, -0.2) is 40.0 Å². The van der Waals surface area contributed by atoms with Gasteiger partial charge in [-0.15, -0.1) is 5.06 Å². The van der Waals surface area contributed by atoms with Gasteiger partial charge in [0.05, 0.1) is 11.1 Å². The fourth-order valence-electron chi connectivity index (χ4n) is 3.70. The van der Waals surface area contributed by atoms with Crippen molar-refractivity contribution in [3.05, 3.63) is 41.5 Å². The van der Waals surface area contributed by atoms with Crippen molar-refractivity contribution >= 4 is 12.0 Å². The first-order chi connectivity index (χ1) is 10.2. The Morgan fingerprint density at radius 3 is 2.14 bits per heavy atom. The highest BCUT2D eigenvalue weighted by molar-refractivity contribution is 5.90. The molecule has 1 atom stereocenters. The molecule has 22 heavy (non-hydrogen) atoms. The predicted molar refractivity (Wildman–Crippen MR) is 86.7 cm³/mol. The Hall–Kier alpha value is -1.65. The van der Waals surface area contributed by atoms with Crippen molar-refractivity contribution in [1.82, 2.24) is 9.96 Å². The standard InChI is InChI=1S/C18H24N2O2/c1-16(2)17(3,4)20-18(5,19(16)6)14(12-21)15(22-20)13-10-8-7-9-11-13/h7-12H,1-6H3. The zero-order valence-corrected chi connectivity index (χ0v) is 14.2. The molecule has 1 unspecified atom stereocenters. The van der Waals surface area contributed by atoms with Crippen LogP contribution in [0.4, 0.5) is 0 Å². The molecule has 0 aromatic heterocycles. The highest BCUT2D eigenvalue weighted by atomic mass is 16.7. The Balaban J connectivity index is 2.21. The van der Waals surface area contributed by atoms with Gasteiger partial charge in [0, 0.05) is 11.1 Å². The van der Waals surface area contributed by atoms with Crippen LogP contribution in [0.15, 0.2) is 35.9 Å². The number of fused-ring (bicyclic) bond motifs is 1. The first-order valence-electron chi connectivity index (χ1n) is 7.66. The average Bonchev–Trinajstić information content (AvgIpc) is 2.85. The van der Waals surface area contributed by atoms with E-state index >= 15 is 0 Å². The summed E-state index contributed by atoms with van der Waals surface area (Å²) in [4.78, 5) is 20.4. The molecular formula is C18H24N2O2. The van der Waals surface area contributed by atoms with Crippen LogP contribution in [0, 0.1) is 0 Å². The molecule has 2 aliphatic rings. The van der Waals surface area contributed by atoms with Crippen LogP contribution in [0.3, 0.4) is 0 Å². The van der Waals surface area contributed by atoms with Crippen LogP contribution in [0.25, 0.3) is 5.76 Å². The van der Waals surface area contributed by atoms with Crippen molar-refractivity contribution in [2.45, 2.75) is 51.4 Å². The number of benzene rings is 1. The van der Waals surface area contributed by atoms with Gasteiger partial charge in [0.1, 0.15) is 5.66 Å². The lowest BCUT2D eigenvalue weighted by Crippen LogP contribution is -2.53. The first kappa shape index (κ1) is 15.3. The number of carbonyl (C=O) groups is 1. The van der Waals surface area contributed by atoms with E-state index < -0.39 is 5.66 Å². The van der Waals surface area contributed by atoms with Crippen LogP contribution in [0.5, 0.6) is 0 Å². The molecule has 0 N–H and O–H groups in total. The number of rotatable bonds is 2. The van der Waals surface area contributed by atoms with Crippen molar-refractivity contribution in [2.75, 3.05) is 7.05 Å². The number of hydrogen-bond donors (Lipinski definition) is 0. The molecule has 4 nitrogen and oxygen atoms in total. The van der Waals surface area contributed by atoms with Crippen LogP contribution in [0.2, 0.25) is 0 Å². The molecule has 1 saturated heterocycles. The van der Waals surface area contributed by atoms with Gasteiger partial charge in [0.15, 0.2) is 12.0 Å². The largest absolute Gasteiger partial charge is 0.402 e. The molecule has 0 aliphatic carbocycles. The topological polar surface area (TPSA) is 32.8 Å². The monoisotopic (exact) mass is 300 g/mol. The summed E-state index contributed by atoms with van der Waals surface area (Å²) in [6, 6.07) is 9.82. The van der Waals surface area contributed by atoms with Gasteiger partial charge in [-0.3, -0.25) is 9.69 Å². The van der Waals surface area contributed by atoms with Gasteiger partial charge in [0.2, 0.25) is 0 Å². The third-order valence-electron chi connectivity index (χ3n) is 5.98. The number of nitrogens with zero attached hydrogens (tertiary/aromatic N) is 2. The summed E-state index contributed by atoms with van der Waals surface area (Å²) in [5.41, 5.74) is 0.654. The molecule has 2 aliphatic heterocycles. The van der Waals surface area contributed by atoms with Crippen molar-refractivity contribution in [3.8, 4) is 0 Å². The van der Waals surface area contributed by atoms with Gasteiger partial charge >= 0.3 is 0 Å². The van der Waals surface area contributed by atoms with E-state index in [1.54, 1.807) is 0 Å². The van der Waals surface area contributed by atoms with E-state index in [0.29, 0.717) is 11.3 Å². The Bertz CT molecular complexity index is 648. The zero-order valence-electron chi connectivity index (χ0n) is 14.2. The van der Waals surface area contributed by atoms with Gasteiger partial charge in [0.25, 0.3) is 0 Å². The Kier molecular flexibility index (Phi) is 3.07. The minimum atomic E-state index is -0.570. The van der Waals surface area contributed by atoms with Crippen LogP contribution < -0.4 is 0 Å². The molecule has 1 aromatic rings. The fourth-order valence-corrected chi connectivity index (χ4v) is 3.70. The van der Waals surface area contributed by atoms with Gasteiger partial charge in [-0.25, -0.2) is 0 Å². The molecule has 0 amide bonds. The predicted octanol–water partition coefficient (Wildman–Crippen LogP) is 3.06. The van der Waals surface area contributed by atoms with Crippen molar-refractivity contribution in [2.24, 2.45) is 0 Å². The minimum absolute atomic E-state index is 0.141. The summed E-state index contributed by atoms with van der Waals surface area (Å²) in [6.07, 6.45) is 0.941. The maximum absolute atomic E-state index is 11.9. The van der Waals surface area contributed by atoms with Crippen LogP contribution in [-0.2, 0) is 9.63 Å². The summed E-state index contributed by atoms with van der Waals surface area (Å²) in [7, 11) is 2.06. The van der Waals surface area contributed by atoms with Gasteiger partial charge in [-0.1, -0.05) is 30.3 Å². The molecule has 118 valence electrons. The first-order valence-corrected chi connectivity index (χ1v) is 7.66. The summed E-state index contributed by atoms with van der Waals surface area (Å²) < 4.78 is 0. The van der Waals surface area contributed by atoms with E-state index in [2.05, 4.69) is 46.6 Å². The SMILES string of the molecule is CN1C2(C)C(C=O)=C(c3ccccc3)ON2C(C)(C)C1(C)C. The zero-order chi connectivity index (χ0) is 16.3.